The van der Waals surface area contributed by atoms with Crippen LogP contribution < -0.4 is 4.72 Å². The van der Waals surface area contributed by atoms with Crippen molar-refractivity contribution in [2.45, 2.75) is 4.90 Å². The van der Waals surface area contributed by atoms with Crippen LogP contribution in [-0.2, 0) is 10.0 Å². The molecule has 2 N–H and O–H groups in total. The minimum Gasteiger partial charge on any atom is -0.277 e. The van der Waals surface area contributed by atoms with Crippen LogP contribution in [0.25, 0.3) is 11.0 Å². The first-order valence-corrected chi connectivity index (χ1v) is 9.74. The highest BCUT2D eigenvalue weighted by Gasteiger charge is 2.20. The molecule has 3 aromatic heterocycles. The summed E-state index contributed by atoms with van der Waals surface area (Å²) < 4.78 is 68.8. The van der Waals surface area contributed by atoms with Crippen molar-refractivity contribution in [1.29, 1.82) is 0 Å². The number of nitrogens with zero attached hydrogens (tertiary/aromatic N) is 3. The van der Waals surface area contributed by atoms with Crippen LogP contribution in [-0.4, -0.2) is 28.6 Å². The number of hydrogen-bond acceptors (Lipinski definition) is 5. The second-order valence-corrected chi connectivity index (χ2v) is 7.69. The molecule has 0 atom stereocenters. The van der Waals surface area contributed by atoms with Crippen LogP contribution in [0.1, 0.15) is 11.1 Å². The van der Waals surface area contributed by atoms with Gasteiger partial charge in [-0.3, -0.25) is 14.8 Å². The number of pyridine rings is 2. The van der Waals surface area contributed by atoms with Crippen LogP contribution in [0.3, 0.4) is 0 Å². The lowest BCUT2D eigenvalue weighted by Gasteiger charge is -2.10. The molecule has 4 rings (SSSR count). The maximum absolute atomic E-state index is 14.8. The number of aromatic nitrogens is 4. The molecule has 0 aliphatic rings. The van der Waals surface area contributed by atoms with Crippen LogP contribution in [0.4, 0.5) is 18.9 Å². The van der Waals surface area contributed by atoms with Gasteiger partial charge in [-0.05, 0) is 24.3 Å². The van der Waals surface area contributed by atoms with Gasteiger partial charge in [-0.2, -0.15) is 5.10 Å². The number of nitrogens with one attached hydrogen (secondary N) is 2. The van der Waals surface area contributed by atoms with E-state index in [-0.39, 0.29) is 0 Å². The number of aromatic amines is 1. The summed E-state index contributed by atoms with van der Waals surface area (Å²) in [5.41, 5.74) is -0.283. The Kier molecular flexibility index (Phi) is 4.85. The number of fused-ring (bicyclic) bond motifs is 1. The molecule has 4 aromatic rings. The predicted octanol–water partition coefficient (Wildman–Crippen LogP) is 2.97. The lowest BCUT2D eigenvalue weighted by molar-refractivity contribution is 0.577. The van der Waals surface area contributed by atoms with Crippen molar-refractivity contribution < 1.29 is 21.6 Å². The predicted molar refractivity (Wildman–Crippen MR) is 101 cm³/mol. The molecule has 0 aliphatic carbocycles. The third-order valence-electron chi connectivity index (χ3n) is 3.95. The van der Waals surface area contributed by atoms with Crippen LogP contribution in [0.15, 0.2) is 53.9 Å². The quantitative estimate of drug-likeness (QED) is 0.488. The molecular formula is C19H10F3N5O2S. The van der Waals surface area contributed by atoms with Crippen molar-refractivity contribution in [3.63, 3.8) is 0 Å². The lowest BCUT2D eigenvalue weighted by atomic mass is 10.1. The Bertz CT molecular complexity index is 1440. The average Bonchev–Trinajstić information content (AvgIpc) is 3.18. The summed E-state index contributed by atoms with van der Waals surface area (Å²) in [5, 5.41) is 7.14. The molecule has 0 bridgehead atoms. The molecule has 0 spiro atoms. The standard InChI is InChI=1S/C19H10F3N5O2S/c20-13-6-14(10-23-9-13)30(28,29)27-17-4-3-16(21)15(18(17)22)2-1-11-5-12-8-25-26-19(12)24-7-11/h3-10,27H,(H,24,25,26). The van der Waals surface area contributed by atoms with Gasteiger partial charge in [-0.1, -0.05) is 11.8 Å². The summed E-state index contributed by atoms with van der Waals surface area (Å²) in [7, 11) is -4.36. The van der Waals surface area contributed by atoms with Crippen molar-refractivity contribution in [1.82, 2.24) is 20.2 Å². The molecule has 0 radical (unpaired) electrons. The zero-order chi connectivity index (χ0) is 21.3. The van der Waals surface area contributed by atoms with Crippen molar-refractivity contribution in [2.24, 2.45) is 0 Å². The first-order valence-electron chi connectivity index (χ1n) is 8.26. The molecular weight excluding hydrogens is 419 g/mol. The number of rotatable bonds is 3. The number of benzene rings is 1. The van der Waals surface area contributed by atoms with Gasteiger partial charge in [-0.25, -0.2) is 26.6 Å². The second-order valence-electron chi connectivity index (χ2n) is 6.01. The van der Waals surface area contributed by atoms with E-state index in [0.29, 0.717) is 16.6 Å². The third kappa shape index (κ3) is 3.81. The Labute approximate surface area is 168 Å². The summed E-state index contributed by atoms with van der Waals surface area (Å²) in [4.78, 5) is 7.00. The highest BCUT2D eigenvalue weighted by atomic mass is 32.2. The van der Waals surface area contributed by atoms with E-state index in [1.807, 2.05) is 4.72 Å². The molecule has 11 heteroatoms. The van der Waals surface area contributed by atoms with Crippen LogP contribution >= 0.6 is 0 Å². The number of halogens is 3. The molecule has 7 nitrogen and oxygen atoms in total. The van der Waals surface area contributed by atoms with Gasteiger partial charge in [0.15, 0.2) is 11.5 Å². The van der Waals surface area contributed by atoms with Gasteiger partial charge in [0, 0.05) is 23.3 Å². The zero-order valence-electron chi connectivity index (χ0n) is 14.8. The monoisotopic (exact) mass is 429 g/mol. The molecule has 3 heterocycles. The summed E-state index contributed by atoms with van der Waals surface area (Å²) in [6, 6.07) is 4.11. The normalized spacial score (nSPS) is 11.2. The molecule has 0 saturated carbocycles. The molecule has 1 aromatic carbocycles. The molecule has 0 aliphatic heterocycles. The maximum atomic E-state index is 14.8. The Morgan fingerprint density at radius 3 is 2.63 bits per heavy atom. The van der Waals surface area contributed by atoms with Gasteiger partial charge in [0.1, 0.15) is 16.5 Å². The van der Waals surface area contributed by atoms with Gasteiger partial charge in [-0.15, -0.1) is 0 Å². The Hall–Kier alpha value is -3.91. The van der Waals surface area contributed by atoms with Crippen molar-refractivity contribution in [2.75, 3.05) is 4.72 Å². The van der Waals surface area contributed by atoms with Crippen molar-refractivity contribution in [3.05, 3.63) is 77.6 Å². The van der Waals surface area contributed by atoms with Crippen LogP contribution in [0.2, 0.25) is 0 Å². The number of H-pyrrole nitrogens is 1. The molecule has 0 amide bonds. The van der Waals surface area contributed by atoms with E-state index in [2.05, 4.69) is 32.0 Å². The Morgan fingerprint density at radius 1 is 1.00 bits per heavy atom. The van der Waals surface area contributed by atoms with E-state index in [9.17, 15) is 21.6 Å². The molecule has 0 fully saturated rings. The summed E-state index contributed by atoms with van der Waals surface area (Å²) in [5.74, 6) is 1.86. The van der Waals surface area contributed by atoms with Gasteiger partial charge in [0.05, 0.1) is 23.6 Å². The minimum absolute atomic E-state index is 0.375. The van der Waals surface area contributed by atoms with Gasteiger partial charge in [0.25, 0.3) is 10.0 Å². The third-order valence-corrected chi connectivity index (χ3v) is 5.28. The largest absolute Gasteiger partial charge is 0.277 e. The van der Waals surface area contributed by atoms with Crippen molar-refractivity contribution >= 4 is 26.7 Å². The lowest BCUT2D eigenvalue weighted by Crippen LogP contribution is -2.15. The van der Waals surface area contributed by atoms with Gasteiger partial charge in [0.2, 0.25) is 0 Å². The first kappa shape index (κ1) is 19.4. The molecule has 150 valence electrons. The van der Waals surface area contributed by atoms with E-state index in [1.54, 1.807) is 6.07 Å². The topological polar surface area (TPSA) is 101 Å². The first-order chi connectivity index (χ1) is 14.3. The number of anilines is 1. The van der Waals surface area contributed by atoms with Gasteiger partial charge < -0.3 is 0 Å². The van der Waals surface area contributed by atoms with Crippen molar-refractivity contribution in [3.8, 4) is 11.8 Å². The molecule has 0 unspecified atom stereocenters. The fourth-order valence-corrected chi connectivity index (χ4v) is 3.56. The number of hydrogen-bond donors (Lipinski definition) is 2. The van der Waals surface area contributed by atoms with Gasteiger partial charge >= 0.3 is 0 Å². The van der Waals surface area contributed by atoms with Crippen LogP contribution in [0, 0.1) is 29.3 Å². The smallest absolute Gasteiger partial charge is 0.263 e. The minimum atomic E-state index is -4.36. The summed E-state index contributed by atoms with van der Waals surface area (Å²) >= 11 is 0. The fourth-order valence-electron chi connectivity index (χ4n) is 2.53. The van der Waals surface area contributed by atoms with E-state index >= 15 is 0 Å². The fraction of sp³-hybridized carbons (Fsp3) is 0. The van der Waals surface area contributed by atoms with E-state index in [1.165, 1.54) is 12.4 Å². The Balaban J connectivity index is 1.69. The molecule has 0 saturated heterocycles. The van der Waals surface area contributed by atoms with E-state index in [4.69, 9.17) is 0 Å². The van der Waals surface area contributed by atoms with E-state index < -0.39 is 43.6 Å². The Morgan fingerprint density at radius 2 is 1.83 bits per heavy atom. The van der Waals surface area contributed by atoms with Crippen LogP contribution in [0.5, 0.6) is 0 Å². The highest BCUT2D eigenvalue weighted by Crippen LogP contribution is 2.24. The second kappa shape index (κ2) is 7.49. The van der Waals surface area contributed by atoms with E-state index in [0.717, 1.165) is 30.6 Å². The summed E-state index contributed by atoms with van der Waals surface area (Å²) in [6.07, 6.45) is 4.63. The average molecular weight is 429 g/mol. The number of sulfonamides is 1. The highest BCUT2D eigenvalue weighted by molar-refractivity contribution is 7.92. The maximum Gasteiger partial charge on any atom is 0.263 e. The molecule has 30 heavy (non-hydrogen) atoms. The SMILES string of the molecule is O=S(=O)(Nc1ccc(F)c(C#Cc2cnc3[nH]ncc3c2)c1F)c1cncc(F)c1. The summed E-state index contributed by atoms with van der Waals surface area (Å²) in [6.45, 7) is 0. The zero-order valence-corrected chi connectivity index (χ0v) is 15.6.